The van der Waals surface area contributed by atoms with Crippen LogP contribution in [0.1, 0.15) is 11.1 Å². The first-order valence-corrected chi connectivity index (χ1v) is 8.79. The summed E-state index contributed by atoms with van der Waals surface area (Å²) in [5.41, 5.74) is 2.80. The second kappa shape index (κ2) is 8.49. The molecule has 3 nitrogen and oxygen atoms in total. The van der Waals surface area contributed by atoms with E-state index < -0.39 is 0 Å². The number of amides is 1. The summed E-state index contributed by atoms with van der Waals surface area (Å²) in [5.74, 6) is 0. The summed E-state index contributed by atoms with van der Waals surface area (Å²) in [6.45, 7) is 0.706. The Bertz CT molecular complexity index is 804. The second-order valence-electron chi connectivity index (χ2n) is 5.59. The van der Waals surface area contributed by atoms with Crippen LogP contribution in [0.5, 0.6) is 0 Å². The lowest BCUT2D eigenvalue weighted by Gasteiger charge is -2.22. The van der Waals surface area contributed by atoms with Crippen molar-refractivity contribution in [3.8, 4) is 0 Å². The Hall–Kier alpha value is -2.59. The van der Waals surface area contributed by atoms with E-state index in [1.807, 2.05) is 84.9 Å². The van der Waals surface area contributed by atoms with Crippen LogP contribution in [0.25, 0.3) is 0 Å². The van der Waals surface area contributed by atoms with Crippen LogP contribution in [0.4, 0.5) is 10.5 Å². The van der Waals surface area contributed by atoms with Gasteiger partial charge < -0.3 is 4.74 Å². The number of halogens is 1. The van der Waals surface area contributed by atoms with E-state index in [1.165, 1.54) is 0 Å². The summed E-state index contributed by atoms with van der Waals surface area (Å²) in [4.78, 5) is 14.3. The van der Waals surface area contributed by atoms with E-state index in [2.05, 4.69) is 15.9 Å². The van der Waals surface area contributed by atoms with Gasteiger partial charge in [-0.05, 0) is 35.4 Å². The number of ether oxygens (including phenoxy) is 1. The third kappa shape index (κ3) is 4.94. The second-order valence-corrected chi connectivity index (χ2v) is 6.50. The topological polar surface area (TPSA) is 29.5 Å². The number of rotatable bonds is 5. The zero-order valence-corrected chi connectivity index (χ0v) is 15.2. The van der Waals surface area contributed by atoms with Crippen molar-refractivity contribution in [3.05, 3.63) is 101 Å². The molecule has 0 aliphatic rings. The number of carbonyl (C=O) groups excluding carboxylic acids is 1. The van der Waals surface area contributed by atoms with Gasteiger partial charge in [-0.2, -0.15) is 0 Å². The summed E-state index contributed by atoms with van der Waals surface area (Å²) in [6, 6.07) is 27.2. The van der Waals surface area contributed by atoms with E-state index >= 15 is 0 Å². The highest BCUT2D eigenvalue weighted by molar-refractivity contribution is 9.10. The SMILES string of the molecule is O=C(OCc1ccccc1)N(Cc1ccccc1)c1ccc(Br)cc1. The van der Waals surface area contributed by atoms with Gasteiger partial charge >= 0.3 is 6.09 Å². The fourth-order valence-electron chi connectivity index (χ4n) is 2.45. The highest BCUT2D eigenvalue weighted by Crippen LogP contribution is 2.22. The molecule has 3 aromatic rings. The quantitative estimate of drug-likeness (QED) is 0.546. The molecule has 126 valence electrons. The van der Waals surface area contributed by atoms with Gasteiger partial charge in [0.1, 0.15) is 6.61 Å². The molecule has 0 aliphatic carbocycles. The minimum atomic E-state index is -0.366. The van der Waals surface area contributed by atoms with Gasteiger partial charge in [-0.1, -0.05) is 76.6 Å². The Morgan fingerprint density at radius 1 is 0.800 bits per heavy atom. The molecule has 0 saturated heterocycles. The Balaban J connectivity index is 1.77. The zero-order chi connectivity index (χ0) is 17.5. The zero-order valence-electron chi connectivity index (χ0n) is 13.6. The van der Waals surface area contributed by atoms with Crippen molar-refractivity contribution in [1.29, 1.82) is 0 Å². The van der Waals surface area contributed by atoms with Crippen molar-refractivity contribution in [2.75, 3.05) is 4.90 Å². The molecule has 0 saturated carbocycles. The smallest absolute Gasteiger partial charge is 0.414 e. The third-order valence-electron chi connectivity index (χ3n) is 3.75. The number of nitrogens with zero attached hydrogens (tertiary/aromatic N) is 1. The molecule has 0 aliphatic heterocycles. The molecule has 25 heavy (non-hydrogen) atoms. The van der Waals surface area contributed by atoms with Crippen LogP contribution < -0.4 is 4.90 Å². The molecular weight excluding hydrogens is 378 g/mol. The van der Waals surface area contributed by atoms with Crippen molar-refractivity contribution < 1.29 is 9.53 Å². The van der Waals surface area contributed by atoms with Crippen LogP contribution in [-0.4, -0.2) is 6.09 Å². The van der Waals surface area contributed by atoms with Gasteiger partial charge in [0.2, 0.25) is 0 Å². The molecule has 0 unspecified atom stereocenters. The molecule has 0 N–H and O–H groups in total. The summed E-state index contributed by atoms with van der Waals surface area (Å²) in [7, 11) is 0. The molecule has 0 atom stereocenters. The fourth-order valence-corrected chi connectivity index (χ4v) is 2.71. The van der Waals surface area contributed by atoms with Gasteiger partial charge in [-0.3, -0.25) is 4.90 Å². The lowest BCUT2D eigenvalue weighted by Crippen LogP contribution is -2.30. The fraction of sp³-hybridized carbons (Fsp3) is 0.0952. The van der Waals surface area contributed by atoms with Crippen molar-refractivity contribution >= 4 is 27.7 Å². The molecule has 1 amide bonds. The first-order chi connectivity index (χ1) is 12.2. The minimum absolute atomic E-state index is 0.251. The monoisotopic (exact) mass is 395 g/mol. The minimum Gasteiger partial charge on any atom is -0.444 e. The van der Waals surface area contributed by atoms with E-state index in [9.17, 15) is 4.79 Å². The number of hydrogen-bond acceptors (Lipinski definition) is 2. The summed E-state index contributed by atoms with van der Waals surface area (Å²) >= 11 is 3.43. The van der Waals surface area contributed by atoms with E-state index in [0.717, 1.165) is 21.3 Å². The van der Waals surface area contributed by atoms with Gasteiger partial charge in [-0.25, -0.2) is 4.79 Å². The van der Waals surface area contributed by atoms with Gasteiger partial charge in [0.05, 0.1) is 6.54 Å². The van der Waals surface area contributed by atoms with Crippen LogP contribution in [-0.2, 0) is 17.9 Å². The van der Waals surface area contributed by atoms with E-state index in [1.54, 1.807) is 4.90 Å². The van der Waals surface area contributed by atoms with Gasteiger partial charge in [0, 0.05) is 10.2 Å². The number of carbonyl (C=O) groups is 1. The first kappa shape index (κ1) is 17.2. The molecule has 0 spiro atoms. The largest absolute Gasteiger partial charge is 0.444 e. The molecular formula is C21H18BrNO2. The average molecular weight is 396 g/mol. The van der Waals surface area contributed by atoms with Gasteiger partial charge in [0.25, 0.3) is 0 Å². The number of hydrogen-bond donors (Lipinski definition) is 0. The molecule has 3 aromatic carbocycles. The van der Waals surface area contributed by atoms with Gasteiger partial charge in [-0.15, -0.1) is 0 Å². The predicted molar refractivity (Wildman–Crippen MR) is 103 cm³/mol. The van der Waals surface area contributed by atoms with Crippen molar-refractivity contribution in [1.82, 2.24) is 0 Å². The molecule has 3 rings (SSSR count). The van der Waals surface area contributed by atoms with Crippen LogP contribution in [0, 0.1) is 0 Å². The van der Waals surface area contributed by atoms with Crippen LogP contribution in [0.3, 0.4) is 0 Å². The van der Waals surface area contributed by atoms with E-state index in [0.29, 0.717) is 6.54 Å². The van der Waals surface area contributed by atoms with E-state index in [-0.39, 0.29) is 12.7 Å². The Kier molecular flexibility index (Phi) is 5.86. The third-order valence-corrected chi connectivity index (χ3v) is 4.28. The molecule has 4 heteroatoms. The molecule has 0 bridgehead atoms. The summed E-state index contributed by atoms with van der Waals surface area (Å²) in [5, 5.41) is 0. The average Bonchev–Trinajstić information content (AvgIpc) is 2.67. The summed E-state index contributed by atoms with van der Waals surface area (Å²) in [6.07, 6.45) is -0.366. The Morgan fingerprint density at radius 2 is 1.36 bits per heavy atom. The van der Waals surface area contributed by atoms with Crippen LogP contribution >= 0.6 is 15.9 Å². The maximum Gasteiger partial charge on any atom is 0.414 e. The van der Waals surface area contributed by atoms with Crippen molar-refractivity contribution in [2.24, 2.45) is 0 Å². The lowest BCUT2D eigenvalue weighted by atomic mass is 10.2. The van der Waals surface area contributed by atoms with E-state index in [4.69, 9.17) is 4.74 Å². The molecule has 0 aromatic heterocycles. The molecule has 0 fully saturated rings. The lowest BCUT2D eigenvalue weighted by molar-refractivity contribution is 0.146. The molecule has 0 radical (unpaired) electrons. The highest BCUT2D eigenvalue weighted by Gasteiger charge is 2.18. The maximum atomic E-state index is 12.7. The Morgan fingerprint density at radius 3 is 1.96 bits per heavy atom. The van der Waals surface area contributed by atoms with Crippen molar-refractivity contribution in [3.63, 3.8) is 0 Å². The van der Waals surface area contributed by atoms with Crippen LogP contribution in [0.15, 0.2) is 89.4 Å². The normalized spacial score (nSPS) is 10.3. The maximum absolute atomic E-state index is 12.7. The summed E-state index contributed by atoms with van der Waals surface area (Å²) < 4.78 is 6.49. The molecule has 0 heterocycles. The highest BCUT2D eigenvalue weighted by atomic mass is 79.9. The number of benzene rings is 3. The number of anilines is 1. The first-order valence-electron chi connectivity index (χ1n) is 8.00. The van der Waals surface area contributed by atoms with Crippen LogP contribution in [0.2, 0.25) is 0 Å². The van der Waals surface area contributed by atoms with Gasteiger partial charge in [0.15, 0.2) is 0 Å². The Labute approximate surface area is 156 Å². The standard InChI is InChI=1S/C21H18BrNO2/c22-19-11-13-20(14-12-19)23(15-17-7-3-1-4-8-17)21(24)25-16-18-9-5-2-6-10-18/h1-14H,15-16H2. The van der Waals surface area contributed by atoms with Crippen molar-refractivity contribution in [2.45, 2.75) is 13.2 Å². The predicted octanol–water partition coefficient (Wildman–Crippen LogP) is 5.79.